The number of amides is 1. The van der Waals surface area contributed by atoms with Crippen LogP contribution in [0.3, 0.4) is 0 Å². The van der Waals surface area contributed by atoms with Gasteiger partial charge in [0, 0.05) is 18.0 Å². The van der Waals surface area contributed by atoms with Crippen molar-refractivity contribution in [2.75, 3.05) is 11.4 Å². The number of halogens is 1. The van der Waals surface area contributed by atoms with E-state index in [0.29, 0.717) is 5.02 Å². The maximum absolute atomic E-state index is 11.7. The van der Waals surface area contributed by atoms with Crippen LogP contribution in [0, 0.1) is 0 Å². The van der Waals surface area contributed by atoms with Gasteiger partial charge in [-0.2, -0.15) is 0 Å². The van der Waals surface area contributed by atoms with Gasteiger partial charge in [0.15, 0.2) is 0 Å². The average molecular weight is 291 g/mol. The zero-order valence-electron chi connectivity index (χ0n) is 9.21. The smallest absolute Gasteiger partial charge is 0.228 e. The van der Waals surface area contributed by atoms with Gasteiger partial charge in [0.2, 0.25) is 15.9 Å². The Hall–Kier alpha value is -1.31. The molecule has 1 aliphatic heterocycles. The third-order valence-corrected chi connectivity index (χ3v) is 4.26. The van der Waals surface area contributed by atoms with Gasteiger partial charge < -0.3 is 10.0 Å². The molecular formula is C10H11ClN2O4S. The lowest BCUT2D eigenvalue weighted by molar-refractivity contribution is -0.117. The molecule has 18 heavy (non-hydrogen) atoms. The first-order chi connectivity index (χ1) is 8.29. The number of rotatable bonds is 2. The molecule has 0 aromatic heterocycles. The summed E-state index contributed by atoms with van der Waals surface area (Å²) in [6, 6.07) is 4.22. The van der Waals surface area contributed by atoms with Crippen LogP contribution in [0.4, 0.5) is 5.69 Å². The number of phenols is 1. The number of carbonyl (C=O) groups is 1. The van der Waals surface area contributed by atoms with Crippen molar-refractivity contribution in [1.82, 2.24) is 0 Å². The minimum Gasteiger partial charge on any atom is -0.506 e. The third kappa shape index (κ3) is 2.43. The zero-order chi connectivity index (χ0) is 13.5. The van der Waals surface area contributed by atoms with E-state index in [-0.39, 0.29) is 24.4 Å². The molecule has 0 radical (unpaired) electrons. The van der Waals surface area contributed by atoms with E-state index in [9.17, 15) is 18.3 Å². The van der Waals surface area contributed by atoms with E-state index in [4.69, 9.17) is 16.7 Å². The van der Waals surface area contributed by atoms with Gasteiger partial charge in [0.25, 0.3) is 0 Å². The van der Waals surface area contributed by atoms with Crippen LogP contribution in [0.1, 0.15) is 6.42 Å². The molecule has 0 saturated carbocycles. The summed E-state index contributed by atoms with van der Waals surface area (Å²) in [4.78, 5) is 12.9. The Morgan fingerprint density at radius 1 is 1.44 bits per heavy atom. The first-order valence-corrected chi connectivity index (χ1v) is 7.08. The third-order valence-electron chi connectivity index (χ3n) is 2.78. The van der Waals surface area contributed by atoms with Crippen molar-refractivity contribution in [2.45, 2.75) is 11.7 Å². The highest BCUT2D eigenvalue weighted by Gasteiger charge is 2.38. The number of aromatic hydroxyl groups is 1. The molecule has 1 fully saturated rings. The predicted octanol–water partition coefficient (Wildman–Crippen LogP) is 0.439. The van der Waals surface area contributed by atoms with Crippen LogP contribution < -0.4 is 10.0 Å². The number of nitrogens with two attached hydrogens (primary N) is 1. The monoisotopic (exact) mass is 290 g/mol. The normalized spacial score (nSPS) is 20.4. The number of sulfonamides is 1. The minimum absolute atomic E-state index is 0.0778. The van der Waals surface area contributed by atoms with Gasteiger partial charge in [0.1, 0.15) is 11.0 Å². The van der Waals surface area contributed by atoms with Crippen molar-refractivity contribution >= 4 is 33.2 Å². The molecule has 0 bridgehead atoms. The standard InChI is InChI=1S/C10H11ClN2O4S/c11-6-1-2-9(14)8(3-6)13-5-7(4-10(13)15)18(12,16)17/h1-3,7,14H,4-5H2,(H2,12,16,17). The molecule has 0 aliphatic carbocycles. The second kappa shape index (κ2) is 4.42. The fourth-order valence-corrected chi connectivity index (χ4v) is 2.74. The van der Waals surface area contributed by atoms with Crippen molar-refractivity contribution in [3.05, 3.63) is 23.2 Å². The highest BCUT2D eigenvalue weighted by molar-refractivity contribution is 7.89. The Balaban J connectivity index is 2.35. The van der Waals surface area contributed by atoms with Crippen LogP contribution in [0.15, 0.2) is 18.2 Å². The van der Waals surface area contributed by atoms with Crippen molar-refractivity contribution in [3.8, 4) is 5.75 Å². The Morgan fingerprint density at radius 2 is 2.11 bits per heavy atom. The van der Waals surface area contributed by atoms with Crippen LogP contribution in [-0.4, -0.2) is 31.2 Å². The summed E-state index contributed by atoms with van der Waals surface area (Å²) in [7, 11) is -3.78. The number of hydrogen-bond donors (Lipinski definition) is 2. The maximum atomic E-state index is 11.7. The lowest BCUT2D eigenvalue weighted by Crippen LogP contribution is -2.32. The first-order valence-electron chi connectivity index (χ1n) is 5.09. The molecule has 1 amide bonds. The maximum Gasteiger partial charge on any atom is 0.228 e. The van der Waals surface area contributed by atoms with Gasteiger partial charge >= 0.3 is 0 Å². The van der Waals surface area contributed by atoms with E-state index in [1.807, 2.05) is 0 Å². The molecule has 3 N–H and O–H groups in total. The van der Waals surface area contributed by atoms with Crippen LogP contribution in [0.2, 0.25) is 5.02 Å². The number of benzene rings is 1. The van der Waals surface area contributed by atoms with Gasteiger partial charge in [-0.05, 0) is 18.2 Å². The Labute approximate surface area is 109 Å². The second-order valence-electron chi connectivity index (χ2n) is 4.05. The molecule has 0 spiro atoms. The summed E-state index contributed by atoms with van der Waals surface area (Å²) in [6.07, 6.45) is -0.190. The van der Waals surface area contributed by atoms with Gasteiger partial charge in [-0.25, -0.2) is 13.6 Å². The van der Waals surface area contributed by atoms with Gasteiger partial charge in [-0.1, -0.05) is 11.6 Å². The van der Waals surface area contributed by atoms with E-state index in [2.05, 4.69) is 0 Å². The number of carbonyl (C=O) groups excluding carboxylic acids is 1. The van der Waals surface area contributed by atoms with E-state index in [0.717, 1.165) is 0 Å². The molecule has 1 saturated heterocycles. The molecule has 8 heteroatoms. The zero-order valence-corrected chi connectivity index (χ0v) is 10.8. The Kier molecular flexibility index (Phi) is 3.22. The summed E-state index contributed by atoms with van der Waals surface area (Å²) in [5.74, 6) is -0.547. The van der Waals surface area contributed by atoms with Gasteiger partial charge in [-0.3, -0.25) is 4.79 Å². The molecule has 1 aromatic carbocycles. The van der Waals surface area contributed by atoms with Gasteiger partial charge in [-0.15, -0.1) is 0 Å². The lowest BCUT2D eigenvalue weighted by atomic mass is 10.2. The second-order valence-corrected chi connectivity index (χ2v) is 6.33. The van der Waals surface area contributed by atoms with Crippen molar-refractivity contribution in [2.24, 2.45) is 5.14 Å². The lowest BCUT2D eigenvalue weighted by Gasteiger charge is -2.17. The van der Waals surface area contributed by atoms with Crippen LogP contribution >= 0.6 is 11.6 Å². The summed E-state index contributed by atoms with van der Waals surface area (Å²) in [5.41, 5.74) is 0.193. The van der Waals surface area contributed by atoms with Gasteiger partial charge in [0.05, 0.1) is 5.69 Å². The first kappa shape index (κ1) is 13.1. The molecule has 1 aliphatic rings. The Bertz CT molecular complexity index is 602. The SMILES string of the molecule is NS(=O)(=O)C1CC(=O)N(c2cc(Cl)ccc2O)C1. The number of primary sulfonamides is 1. The molecule has 6 nitrogen and oxygen atoms in total. The molecule has 1 aromatic rings. The number of hydrogen-bond acceptors (Lipinski definition) is 4. The van der Waals surface area contributed by atoms with Crippen LogP contribution in [0.5, 0.6) is 5.75 Å². The average Bonchev–Trinajstić information content (AvgIpc) is 2.64. The van der Waals surface area contributed by atoms with E-state index < -0.39 is 21.2 Å². The van der Waals surface area contributed by atoms with E-state index in [1.54, 1.807) is 0 Å². The number of nitrogens with zero attached hydrogens (tertiary/aromatic N) is 1. The minimum atomic E-state index is -3.78. The molecule has 1 heterocycles. The summed E-state index contributed by atoms with van der Waals surface area (Å²) in [6.45, 7) is -0.0778. The highest BCUT2D eigenvalue weighted by Crippen LogP contribution is 2.33. The predicted molar refractivity (Wildman–Crippen MR) is 67.0 cm³/mol. The van der Waals surface area contributed by atoms with Crippen LogP contribution in [0.25, 0.3) is 0 Å². The largest absolute Gasteiger partial charge is 0.506 e. The quantitative estimate of drug-likeness (QED) is 0.825. The molecular weight excluding hydrogens is 280 g/mol. The summed E-state index contributed by atoms with van der Waals surface area (Å²) < 4.78 is 22.4. The van der Waals surface area contributed by atoms with E-state index in [1.165, 1.54) is 23.1 Å². The molecule has 98 valence electrons. The Morgan fingerprint density at radius 3 is 2.67 bits per heavy atom. The summed E-state index contributed by atoms with van der Waals surface area (Å²) in [5, 5.41) is 14.1. The topological polar surface area (TPSA) is 101 Å². The van der Waals surface area contributed by atoms with Crippen molar-refractivity contribution in [1.29, 1.82) is 0 Å². The van der Waals surface area contributed by atoms with Crippen LogP contribution in [-0.2, 0) is 14.8 Å². The van der Waals surface area contributed by atoms with Crippen molar-refractivity contribution in [3.63, 3.8) is 0 Å². The molecule has 1 unspecified atom stereocenters. The fourth-order valence-electron chi connectivity index (χ4n) is 1.84. The molecule has 1 atom stereocenters. The highest BCUT2D eigenvalue weighted by atomic mass is 35.5. The molecule has 2 rings (SSSR count). The summed E-state index contributed by atoms with van der Waals surface area (Å²) >= 11 is 5.78. The fraction of sp³-hybridized carbons (Fsp3) is 0.300. The number of phenolic OH excluding ortho intramolecular Hbond substituents is 1. The van der Waals surface area contributed by atoms with Crippen molar-refractivity contribution < 1.29 is 18.3 Å². The number of anilines is 1. The van der Waals surface area contributed by atoms with E-state index >= 15 is 0 Å².